The predicted molar refractivity (Wildman–Crippen MR) is 132 cm³/mol. The SMILES string of the molecule is CN(c1ccc(C(CCc2ccc(C(F)(F)F)nc2NCc2ccc(Cl)cc2)C(N)=O)cc1F)S(=O)[O-]. The summed E-state index contributed by atoms with van der Waals surface area (Å²) < 4.78 is 77.3. The molecule has 13 heteroatoms. The quantitative estimate of drug-likeness (QED) is 0.271. The minimum Gasteiger partial charge on any atom is -0.755 e. The van der Waals surface area contributed by atoms with Crippen LogP contribution in [0.5, 0.6) is 0 Å². The largest absolute Gasteiger partial charge is 0.755 e. The van der Waals surface area contributed by atoms with E-state index in [1.807, 2.05) is 0 Å². The number of halogens is 5. The van der Waals surface area contributed by atoms with Crippen LogP contribution in [0.1, 0.15) is 34.7 Å². The van der Waals surface area contributed by atoms with Gasteiger partial charge in [0.2, 0.25) is 5.91 Å². The van der Waals surface area contributed by atoms with Gasteiger partial charge in [-0.1, -0.05) is 35.9 Å². The zero-order chi connectivity index (χ0) is 27.3. The van der Waals surface area contributed by atoms with E-state index >= 15 is 0 Å². The summed E-state index contributed by atoms with van der Waals surface area (Å²) in [5.41, 5.74) is 5.58. The number of primary amides is 1. The van der Waals surface area contributed by atoms with Crippen molar-refractivity contribution in [3.8, 4) is 0 Å². The van der Waals surface area contributed by atoms with Crippen LogP contribution in [-0.4, -0.2) is 26.7 Å². The van der Waals surface area contributed by atoms with Crippen molar-refractivity contribution in [2.45, 2.75) is 31.5 Å². The highest BCUT2D eigenvalue weighted by Crippen LogP contribution is 2.32. The first-order valence-electron chi connectivity index (χ1n) is 10.8. The molecule has 0 aliphatic heterocycles. The molecular weight excluding hydrogens is 536 g/mol. The smallest absolute Gasteiger partial charge is 0.433 e. The second-order valence-corrected chi connectivity index (χ2v) is 9.52. The standard InChI is InChI=1S/C24H23ClF4N4O3S/c1-33(37(35)36)20-10-5-16(12-19(20)26)18(22(30)34)9-4-15-6-11-21(24(27,28)29)32-23(15)31-13-14-2-7-17(25)8-3-14/h2-3,5-8,10-12,18H,4,9,13H2,1H3,(H2,30,34)(H,31,32)(H,35,36)/p-1. The number of anilines is 2. The number of hydrogen-bond acceptors (Lipinski definition) is 5. The highest BCUT2D eigenvalue weighted by molar-refractivity contribution is 7.80. The van der Waals surface area contributed by atoms with Crippen LogP contribution < -0.4 is 15.4 Å². The Morgan fingerprint density at radius 1 is 1.19 bits per heavy atom. The van der Waals surface area contributed by atoms with Gasteiger partial charge in [0.1, 0.15) is 17.3 Å². The molecule has 3 rings (SSSR count). The van der Waals surface area contributed by atoms with Gasteiger partial charge in [0.15, 0.2) is 0 Å². The van der Waals surface area contributed by atoms with Crippen LogP contribution in [0.4, 0.5) is 29.1 Å². The number of aromatic nitrogens is 1. The van der Waals surface area contributed by atoms with Gasteiger partial charge < -0.3 is 19.9 Å². The van der Waals surface area contributed by atoms with Gasteiger partial charge in [-0.05, 0) is 59.9 Å². The van der Waals surface area contributed by atoms with Crippen LogP contribution >= 0.6 is 11.6 Å². The van der Waals surface area contributed by atoms with E-state index in [2.05, 4.69) is 10.3 Å². The number of hydrogen-bond donors (Lipinski definition) is 2. The van der Waals surface area contributed by atoms with Crippen molar-refractivity contribution in [1.29, 1.82) is 0 Å². The molecule has 7 nitrogen and oxygen atoms in total. The Kier molecular flexibility index (Phi) is 9.11. The Hall–Kier alpha value is -3.22. The maximum absolute atomic E-state index is 14.6. The number of carbonyl (C=O) groups is 1. The van der Waals surface area contributed by atoms with Gasteiger partial charge in [-0.25, -0.2) is 9.37 Å². The van der Waals surface area contributed by atoms with Crippen LogP contribution in [0.2, 0.25) is 5.02 Å². The van der Waals surface area contributed by atoms with Gasteiger partial charge in [0.25, 0.3) is 0 Å². The third-order valence-corrected chi connectivity index (χ3v) is 6.52. The average molecular weight is 558 g/mol. The number of amides is 1. The molecule has 1 amide bonds. The lowest BCUT2D eigenvalue weighted by atomic mass is 9.91. The molecule has 0 aliphatic rings. The van der Waals surface area contributed by atoms with Gasteiger partial charge >= 0.3 is 6.18 Å². The molecule has 0 bridgehead atoms. The van der Waals surface area contributed by atoms with Crippen molar-refractivity contribution in [2.75, 3.05) is 16.7 Å². The number of benzene rings is 2. The molecule has 3 N–H and O–H groups in total. The van der Waals surface area contributed by atoms with E-state index in [1.165, 1.54) is 18.2 Å². The highest BCUT2D eigenvalue weighted by Gasteiger charge is 2.33. The van der Waals surface area contributed by atoms with Gasteiger partial charge in [-0.3, -0.25) is 9.00 Å². The number of nitrogens with two attached hydrogens (primary N) is 1. The molecule has 0 saturated carbocycles. The summed E-state index contributed by atoms with van der Waals surface area (Å²) >= 11 is 3.17. The normalized spacial score (nSPS) is 13.2. The van der Waals surface area contributed by atoms with Crippen LogP contribution in [0, 0.1) is 5.82 Å². The Labute approximate surface area is 218 Å². The number of nitrogens with one attached hydrogen (secondary N) is 1. The maximum atomic E-state index is 14.6. The van der Waals surface area contributed by atoms with E-state index in [0.29, 0.717) is 14.9 Å². The van der Waals surface area contributed by atoms with Crippen molar-refractivity contribution >= 4 is 40.3 Å². The molecule has 0 aliphatic carbocycles. The molecule has 2 atom stereocenters. The molecule has 0 spiro atoms. The molecule has 1 heterocycles. The molecule has 0 saturated heterocycles. The summed E-state index contributed by atoms with van der Waals surface area (Å²) in [6.45, 7) is 0.166. The molecule has 2 aromatic carbocycles. The van der Waals surface area contributed by atoms with Gasteiger partial charge in [-0.2, -0.15) is 13.2 Å². The van der Waals surface area contributed by atoms with Crippen LogP contribution in [0.25, 0.3) is 0 Å². The fourth-order valence-electron chi connectivity index (χ4n) is 3.64. The molecule has 3 aromatic rings. The summed E-state index contributed by atoms with van der Waals surface area (Å²) in [5.74, 6) is -2.66. The number of nitrogens with zero attached hydrogens (tertiary/aromatic N) is 2. The minimum atomic E-state index is -4.66. The van der Waals surface area contributed by atoms with E-state index in [9.17, 15) is 31.1 Å². The first-order valence-corrected chi connectivity index (χ1v) is 12.2. The Morgan fingerprint density at radius 3 is 2.43 bits per heavy atom. The van der Waals surface area contributed by atoms with Crippen molar-refractivity contribution in [2.24, 2.45) is 5.73 Å². The van der Waals surface area contributed by atoms with Crippen LogP contribution in [-0.2, 0) is 35.2 Å². The summed E-state index contributed by atoms with van der Waals surface area (Å²) in [6.07, 6.45) is -4.53. The van der Waals surface area contributed by atoms with Crippen LogP contribution in [0.15, 0.2) is 54.6 Å². The molecule has 37 heavy (non-hydrogen) atoms. The third-order valence-electron chi connectivity index (χ3n) is 5.63. The second kappa shape index (κ2) is 11.9. The molecule has 0 fully saturated rings. The number of pyridine rings is 1. The lowest BCUT2D eigenvalue weighted by molar-refractivity contribution is -0.141. The zero-order valence-corrected chi connectivity index (χ0v) is 21.0. The van der Waals surface area contributed by atoms with E-state index in [-0.39, 0.29) is 36.5 Å². The van der Waals surface area contributed by atoms with Crippen molar-refractivity contribution in [1.82, 2.24) is 4.98 Å². The summed E-state index contributed by atoms with van der Waals surface area (Å²) in [6, 6.07) is 12.4. The van der Waals surface area contributed by atoms with Crippen LogP contribution in [0.3, 0.4) is 0 Å². The summed E-state index contributed by atoms with van der Waals surface area (Å²) in [7, 11) is 1.16. The molecular formula is C24H22ClF4N4O3S-. The molecule has 0 radical (unpaired) electrons. The Balaban J connectivity index is 1.85. The molecule has 2 unspecified atom stereocenters. The second-order valence-electron chi connectivity index (χ2n) is 8.10. The lowest BCUT2D eigenvalue weighted by Gasteiger charge is -2.23. The summed E-state index contributed by atoms with van der Waals surface area (Å²) in [5, 5.41) is 3.41. The monoisotopic (exact) mass is 557 g/mol. The number of alkyl halides is 3. The van der Waals surface area contributed by atoms with Gasteiger partial charge in [0, 0.05) is 29.9 Å². The molecule has 198 valence electrons. The van der Waals surface area contributed by atoms with E-state index in [4.69, 9.17) is 17.3 Å². The predicted octanol–water partition coefficient (Wildman–Crippen LogP) is 4.94. The fraction of sp³-hybridized carbons (Fsp3) is 0.250. The van der Waals surface area contributed by atoms with Crippen molar-refractivity contribution in [3.63, 3.8) is 0 Å². The zero-order valence-electron chi connectivity index (χ0n) is 19.4. The average Bonchev–Trinajstić information content (AvgIpc) is 2.83. The number of carbonyl (C=O) groups excluding carboxylic acids is 1. The van der Waals surface area contributed by atoms with E-state index < -0.39 is 40.8 Å². The minimum absolute atomic E-state index is 0.0194. The first-order chi connectivity index (χ1) is 17.4. The lowest BCUT2D eigenvalue weighted by Crippen LogP contribution is -2.23. The Morgan fingerprint density at radius 2 is 1.86 bits per heavy atom. The van der Waals surface area contributed by atoms with Crippen molar-refractivity contribution in [3.05, 3.63) is 87.8 Å². The topological polar surface area (TPSA) is 111 Å². The van der Waals surface area contributed by atoms with Gasteiger partial charge in [-0.15, -0.1) is 0 Å². The fourth-order valence-corrected chi connectivity index (χ4v) is 4.07. The van der Waals surface area contributed by atoms with E-state index in [0.717, 1.165) is 24.7 Å². The third kappa shape index (κ3) is 7.40. The number of rotatable bonds is 10. The van der Waals surface area contributed by atoms with E-state index in [1.54, 1.807) is 24.3 Å². The first kappa shape index (κ1) is 28.4. The number of aryl methyl sites for hydroxylation is 1. The molecule has 1 aromatic heterocycles. The summed E-state index contributed by atoms with van der Waals surface area (Å²) in [4.78, 5) is 15.9. The van der Waals surface area contributed by atoms with Crippen molar-refractivity contribution < 1.29 is 31.1 Å². The Bertz CT molecular complexity index is 1290. The van der Waals surface area contributed by atoms with Gasteiger partial charge in [0.05, 0.1) is 11.6 Å². The highest BCUT2D eigenvalue weighted by atomic mass is 35.5. The maximum Gasteiger partial charge on any atom is 0.433 e.